The Morgan fingerprint density at radius 1 is 1.15 bits per heavy atom. The van der Waals surface area contributed by atoms with E-state index >= 15 is 0 Å². The second kappa shape index (κ2) is 5.93. The van der Waals surface area contributed by atoms with Crippen LogP contribution in [-0.4, -0.2) is 5.91 Å². The second-order valence-corrected chi connectivity index (χ2v) is 4.17. The van der Waals surface area contributed by atoms with Crippen LogP contribution in [0.4, 0.5) is 14.5 Å². The molecule has 5 heteroatoms. The Labute approximate surface area is 114 Å². The lowest BCUT2D eigenvalue weighted by Gasteiger charge is -2.06. The molecule has 0 saturated carbocycles. The minimum atomic E-state index is -0.984. The van der Waals surface area contributed by atoms with Crippen LogP contribution in [0.1, 0.15) is 11.1 Å². The Bertz CT molecular complexity index is 693. The van der Waals surface area contributed by atoms with E-state index < -0.39 is 11.6 Å². The number of nitrogens with one attached hydrogen (secondary N) is 1. The molecule has 0 saturated heterocycles. The normalized spacial score (nSPS) is 9.85. The molecule has 1 amide bonds. The summed E-state index contributed by atoms with van der Waals surface area (Å²) in [7, 11) is 0. The fraction of sp³-hybridized carbons (Fsp3) is 0.0667. The molecule has 0 fully saturated rings. The molecule has 0 aliphatic carbocycles. The van der Waals surface area contributed by atoms with E-state index in [2.05, 4.69) is 5.32 Å². The number of rotatable bonds is 3. The van der Waals surface area contributed by atoms with Gasteiger partial charge < -0.3 is 5.32 Å². The first kappa shape index (κ1) is 13.7. The highest BCUT2D eigenvalue weighted by molar-refractivity contribution is 5.92. The highest BCUT2D eigenvalue weighted by atomic mass is 19.2. The van der Waals surface area contributed by atoms with Gasteiger partial charge in [0.25, 0.3) is 0 Å². The van der Waals surface area contributed by atoms with Crippen LogP contribution >= 0.6 is 0 Å². The Hall–Kier alpha value is -2.74. The predicted molar refractivity (Wildman–Crippen MR) is 69.8 cm³/mol. The van der Waals surface area contributed by atoms with Crippen LogP contribution in [0.2, 0.25) is 0 Å². The van der Waals surface area contributed by atoms with E-state index in [4.69, 9.17) is 5.26 Å². The first-order valence-electron chi connectivity index (χ1n) is 5.82. The van der Waals surface area contributed by atoms with Crippen molar-refractivity contribution in [3.63, 3.8) is 0 Å². The molecule has 2 aromatic rings. The van der Waals surface area contributed by atoms with E-state index in [9.17, 15) is 13.6 Å². The summed E-state index contributed by atoms with van der Waals surface area (Å²) in [6.45, 7) is 0. The minimum Gasteiger partial charge on any atom is -0.326 e. The Kier molecular flexibility index (Phi) is 4.06. The lowest BCUT2D eigenvalue weighted by Crippen LogP contribution is -2.14. The summed E-state index contributed by atoms with van der Waals surface area (Å²) in [5, 5.41) is 11.3. The van der Waals surface area contributed by atoms with Crippen molar-refractivity contribution in [2.75, 3.05) is 5.32 Å². The SMILES string of the molecule is N#Cc1cccc(NC(=O)Cc2ccc(F)c(F)c2)c1. The second-order valence-electron chi connectivity index (χ2n) is 4.17. The molecule has 0 bridgehead atoms. The van der Waals surface area contributed by atoms with Crippen molar-refractivity contribution in [1.82, 2.24) is 0 Å². The molecule has 100 valence electrons. The zero-order valence-corrected chi connectivity index (χ0v) is 10.4. The van der Waals surface area contributed by atoms with Crippen molar-refractivity contribution < 1.29 is 13.6 Å². The number of hydrogen-bond donors (Lipinski definition) is 1. The van der Waals surface area contributed by atoms with Gasteiger partial charge in [-0.2, -0.15) is 5.26 Å². The number of hydrogen-bond acceptors (Lipinski definition) is 2. The lowest BCUT2D eigenvalue weighted by atomic mass is 10.1. The zero-order chi connectivity index (χ0) is 14.5. The fourth-order valence-electron chi connectivity index (χ4n) is 1.71. The topological polar surface area (TPSA) is 52.9 Å². The van der Waals surface area contributed by atoms with Crippen molar-refractivity contribution in [3.05, 3.63) is 65.2 Å². The van der Waals surface area contributed by atoms with Crippen molar-refractivity contribution in [1.29, 1.82) is 5.26 Å². The first-order valence-corrected chi connectivity index (χ1v) is 5.82. The maximum absolute atomic E-state index is 13.0. The van der Waals surface area contributed by atoms with E-state index in [-0.39, 0.29) is 12.3 Å². The summed E-state index contributed by atoms with van der Waals surface area (Å²) in [6.07, 6.45) is -0.0754. The molecule has 0 aliphatic heterocycles. The average Bonchev–Trinajstić information content (AvgIpc) is 2.43. The maximum Gasteiger partial charge on any atom is 0.228 e. The van der Waals surface area contributed by atoms with Gasteiger partial charge >= 0.3 is 0 Å². The monoisotopic (exact) mass is 272 g/mol. The van der Waals surface area contributed by atoms with Gasteiger partial charge in [0.2, 0.25) is 5.91 Å². The van der Waals surface area contributed by atoms with Gasteiger partial charge in [0.15, 0.2) is 11.6 Å². The number of nitrogens with zero attached hydrogens (tertiary/aromatic N) is 1. The van der Waals surface area contributed by atoms with E-state index in [1.165, 1.54) is 12.1 Å². The summed E-state index contributed by atoms with van der Waals surface area (Å²) in [5.74, 6) is -2.30. The van der Waals surface area contributed by atoms with Gasteiger partial charge in [-0.05, 0) is 35.9 Å². The van der Waals surface area contributed by atoms with Crippen LogP contribution in [0, 0.1) is 23.0 Å². The number of carbonyl (C=O) groups is 1. The standard InChI is InChI=1S/C15H10F2N2O/c16-13-5-4-10(7-14(13)17)8-15(20)19-12-3-1-2-11(6-12)9-18/h1-7H,8H2,(H,19,20). The van der Waals surface area contributed by atoms with Gasteiger partial charge in [-0.25, -0.2) is 8.78 Å². The Morgan fingerprint density at radius 3 is 2.65 bits per heavy atom. The third-order valence-corrected chi connectivity index (χ3v) is 2.62. The molecule has 0 aromatic heterocycles. The van der Waals surface area contributed by atoms with Crippen LogP contribution in [0.25, 0.3) is 0 Å². The van der Waals surface area contributed by atoms with Gasteiger partial charge in [0.1, 0.15) is 0 Å². The van der Waals surface area contributed by atoms with Gasteiger partial charge in [-0.15, -0.1) is 0 Å². The maximum atomic E-state index is 13.0. The van der Waals surface area contributed by atoms with Gasteiger partial charge in [0.05, 0.1) is 18.1 Å². The van der Waals surface area contributed by atoms with Gasteiger partial charge in [-0.3, -0.25) is 4.79 Å². The highest BCUT2D eigenvalue weighted by Gasteiger charge is 2.08. The highest BCUT2D eigenvalue weighted by Crippen LogP contribution is 2.12. The molecule has 20 heavy (non-hydrogen) atoms. The number of amides is 1. The number of halogens is 2. The summed E-state index contributed by atoms with van der Waals surface area (Å²) >= 11 is 0. The van der Waals surface area contributed by atoms with E-state index in [0.29, 0.717) is 16.8 Å². The van der Waals surface area contributed by atoms with Crippen LogP contribution in [0.5, 0.6) is 0 Å². The predicted octanol–water partition coefficient (Wildman–Crippen LogP) is 3.02. The van der Waals surface area contributed by atoms with E-state index in [0.717, 1.165) is 12.1 Å². The average molecular weight is 272 g/mol. The number of anilines is 1. The summed E-state index contributed by atoms with van der Waals surface area (Å²) in [5.41, 5.74) is 1.28. The Morgan fingerprint density at radius 2 is 1.95 bits per heavy atom. The van der Waals surface area contributed by atoms with Crippen molar-refractivity contribution in [2.24, 2.45) is 0 Å². The van der Waals surface area contributed by atoms with Crippen molar-refractivity contribution in [2.45, 2.75) is 6.42 Å². The van der Waals surface area contributed by atoms with Crippen molar-refractivity contribution in [3.8, 4) is 6.07 Å². The first-order chi connectivity index (χ1) is 9.58. The third kappa shape index (κ3) is 3.39. The summed E-state index contributed by atoms with van der Waals surface area (Å²) < 4.78 is 25.8. The lowest BCUT2D eigenvalue weighted by molar-refractivity contribution is -0.115. The molecule has 0 unspecified atom stereocenters. The molecule has 0 heterocycles. The number of benzene rings is 2. The van der Waals surface area contributed by atoms with Crippen LogP contribution in [-0.2, 0) is 11.2 Å². The largest absolute Gasteiger partial charge is 0.326 e. The van der Waals surface area contributed by atoms with Gasteiger partial charge in [-0.1, -0.05) is 12.1 Å². The number of nitriles is 1. The molecule has 0 radical (unpaired) electrons. The fourth-order valence-corrected chi connectivity index (χ4v) is 1.71. The number of carbonyl (C=O) groups excluding carboxylic acids is 1. The molecule has 3 nitrogen and oxygen atoms in total. The van der Waals surface area contributed by atoms with Crippen LogP contribution < -0.4 is 5.32 Å². The third-order valence-electron chi connectivity index (χ3n) is 2.62. The molecule has 0 spiro atoms. The molecular weight excluding hydrogens is 262 g/mol. The van der Waals surface area contributed by atoms with Crippen LogP contribution in [0.3, 0.4) is 0 Å². The van der Waals surface area contributed by atoms with Gasteiger partial charge in [0, 0.05) is 5.69 Å². The molecule has 2 aromatic carbocycles. The molecule has 0 aliphatic rings. The zero-order valence-electron chi connectivity index (χ0n) is 10.4. The quantitative estimate of drug-likeness (QED) is 0.933. The van der Waals surface area contributed by atoms with Crippen molar-refractivity contribution >= 4 is 11.6 Å². The summed E-state index contributed by atoms with van der Waals surface area (Å²) in [4.78, 5) is 11.8. The molecule has 0 atom stereocenters. The minimum absolute atomic E-state index is 0.0754. The molecular formula is C15H10F2N2O. The van der Waals surface area contributed by atoms with E-state index in [1.54, 1.807) is 18.2 Å². The molecule has 2 rings (SSSR count). The molecule has 1 N–H and O–H groups in total. The Balaban J connectivity index is 2.05. The smallest absolute Gasteiger partial charge is 0.228 e. The van der Waals surface area contributed by atoms with E-state index in [1.807, 2.05) is 6.07 Å². The summed E-state index contributed by atoms with van der Waals surface area (Å²) in [6, 6.07) is 11.7. The van der Waals surface area contributed by atoms with Crippen LogP contribution in [0.15, 0.2) is 42.5 Å².